The summed E-state index contributed by atoms with van der Waals surface area (Å²) in [6.07, 6.45) is 19.2. The van der Waals surface area contributed by atoms with E-state index in [2.05, 4.69) is 25.8 Å². The number of unbranched alkanes of at least 4 members (excludes halogenated alkanes) is 12. The molecule has 23 heavy (non-hydrogen) atoms. The van der Waals surface area contributed by atoms with Crippen molar-refractivity contribution in [2.75, 3.05) is 20.1 Å². The van der Waals surface area contributed by atoms with Gasteiger partial charge in [0.25, 0.3) is 0 Å². The molecule has 0 spiro atoms. The number of ketones is 1. The summed E-state index contributed by atoms with van der Waals surface area (Å²) < 4.78 is 0. The SMILES string of the molecule is CCCCCCCCCCN(C)CC(=O)CCCCCCCC. The third-order valence-electron chi connectivity index (χ3n) is 4.65. The highest BCUT2D eigenvalue weighted by atomic mass is 16.1. The summed E-state index contributed by atoms with van der Waals surface area (Å²) in [5, 5.41) is 0. The number of rotatable bonds is 18. The quantitative estimate of drug-likeness (QED) is 0.273. The van der Waals surface area contributed by atoms with E-state index in [0.29, 0.717) is 12.3 Å². The minimum Gasteiger partial charge on any atom is -0.299 e. The summed E-state index contributed by atoms with van der Waals surface area (Å²) in [6, 6.07) is 0. The molecular formula is C21H43NO. The van der Waals surface area contributed by atoms with E-state index < -0.39 is 0 Å². The maximum atomic E-state index is 11.9. The van der Waals surface area contributed by atoms with Crippen LogP contribution in [0.2, 0.25) is 0 Å². The van der Waals surface area contributed by atoms with Crippen LogP contribution in [0.3, 0.4) is 0 Å². The molecule has 0 aliphatic heterocycles. The summed E-state index contributed by atoms with van der Waals surface area (Å²) in [4.78, 5) is 14.2. The highest BCUT2D eigenvalue weighted by Crippen LogP contribution is 2.09. The fourth-order valence-electron chi connectivity index (χ4n) is 3.08. The average molecular weight is 326 g/mol. The van der Waals surface area contributed by atoms with E-state index in [1.807, 2.05) is 0 Å². The molecule has 0 aliphatic rings. The highest BCUT2D eigenvalue weighted by Gasteiger charge is 2.06. The van der Waals surface area contributed by atoms with Crippen molar-refractivity contribution in [1.29, 1.82) is 0 Å². The van der Waals surface area contributed by atoms with E-state index in [9.17, 15) is 4.79 Å². The van der Waals surface area contributed by atoms with Gasteiger partial charge in [0.2, 0.25) is 0 Å². The molecule has 0 aromatic heterocycles. The van der Waals surface area contributed by atoms with Gasteiger partial charge in [0.05, 0.1) is 6.54 Å². The fraction of sp³-hybridized carbons (Fsp3) is 0.952. The summed E-state index contributed by atoms with van der Waals surface area (Å²) in [5.41, 5.74) is 0. The van der Waals surface area contributed by atoms with Crippen LogP contribution in [0.25, 0.3) is 0 Å². The van der Waals surface area contributed by atoms with Gasteiger partial charge in [-0.15, -0.1) is 0 Å². The van der Waals surface area contributed by atoms with Crippen molar-refractivity contribution < 1.29 is 4.79 Å². The van der Waals surface area contributed by atoms with E-state index in [4.69, 9.17) is 0 Å². The summed E-state index contributed by atoms with van der Waals surface area (Å²) in [7, 11) is 2.10. The third-order valence-corrected chi connectivity index (χ3v) is 4.65. The van der Waals surface area contributed by atoms with E-state index in [0.717, 1.165) is 19.4 Å². The zero-order chi connectivity index (χ0) is 17.2. The van der Waals surface area contributed by atoms with Gasteiger partial charge < -0.3 is 0 Å². The van der Waals surface area contributed by atoms with E-state index >= 15 is 0 Å². The molecule has 0 unspecified atom stereocenters. The molecule has 0 aromatic carbocycles. The van der Waals surface area contributed by atoms with Crippen LogP contribution in [-0.2, 0) is 4.79 Å². The van der Waals surface area contributed by atoms with Crippen LogP contribution < -0.4 is 0 Å². The van der Waals surface area contributed by atoms with Gasteiger partial charge in [-0.1, -0.05) is 90.9 Å². The fourth-order valence-corrected chi connectivity index (χ4v) is 3.08. The lowest BCUT2D eigenvalue weighted by Crippen LogP contribution is -2.26. The van der Waals surface area contributed by atoms with E-state index in [-0.39, 0.29) is 0 Å². The standard InChI is InChI=1S/C21H43NO/c1-4-6-8-10-12-13-15-17-19-22(3)20-21(23)18-16-14-11-9-7-5-2/h4-20H2,1-3H3. The van der Waals surface area contributed by atoms with Gasteiger partial charge >= 0.3 is 0 Å². The van der Waals surface area contributed by atoms with Crippen molar-refractivity contribution in [3.8, 4) is 0 Å². The molecule has 0 radical (unpaired) electrons. The van der Waals surface area contributed by atoms with E-state index in [1.54, 1.807) is 0 Å². The summed E-state index contributed by atoms with van der Waals surface area (Å²) in [5.74, 6) is 0.433. The molecule has 0 rings (SSSR count). The van der Waals surface area contributed by atoms with Crippen molar-refractivity contribution in [3.63, 3.8) is 0 Å². The first-order valence-electron chi connectivity index (χ1n) is 10.4. The Hall–Kier alpha value is -0.370. The Kier molecular flexibility index (Phi) is 17.7. The molecule has 0 heterocycles. The van der Waals surface area contributed by atoms with E-state index in [1.165, 1.54) is 83.5 Å². The molecule has 0 saturated heterocycles. The largest absolute Gasteiger partial charge is 0.299 e. The smallest absolute Gasteiger partial charge is 0.146 e. The Morgan fingerprint density at radius 1 is 0.652 bits per heavy atom. The molecule has 0 fully saturated rings. The third kappa shape index (κ3) is 17.8. The maximum Gasteiger partial charge on any atom is 0.146 e. The number of hydrogen-bond acceptors (Lipinski definition) is 2. The maximum absolute atomic E-state index is 11.9. The number of nitrogens with zero attached hydrogens (tertiary/aromatic N) is 1. The van der Waals surface area contributed by atoms with Crippen molar-refractivity contribution in [2.24, 2.45) is 0 Å². The predicted octanol–water partition coefficient (Wildman–Crippen LogP) is 6.38. The summed E-state index contributed by atoms with van der Waals surface area (Å²) >= 11 is 0. The molecule has 0 aliphatic carbocycles. The second-order valence-corrected chi connectivity index (χ2v) is 7.27. The van der Waals surface area contributed by atoms with Crippen LogP contribution in [0.5, 0.6) is 0 Å². The molecule has 0 N–H and O–H groups in total. The second-order valence-electron chi connectivity index (χ2n) is 7.27. The zero-order valence-electron chi connectivity index (χ0n) is 16.4. The van der Waals surface area contributed by atoms with Gasteiger partial charge in [0, 0.05) is 6.42 Å². The predicted molar refractivity (Wildman–Crippen MR) is 103 cm³/mol. The summed E-state index contributed by atoms with van der Waals surface area (Å²) in [6.45, 7) is 6.25. The first-order valence-corrected chi connectivity index (χ1v) is 10.4. The molecule has 0 amide bonds. The number of hydrogen-bond donors (Lipinski definition) is 0. The molecule has 0 saturated carbocycles. The molecule has 2 heteroatoms. The Morgan fingerprint density at radius 3 is 1.61 bits per heavy atom. The molecule has 0 aromatic rings. The van der Waals surface area contributed by atoms with Gasteiger partial charge in [0.15, 0.2) is 0 Å². The first kappa shape index (κ1) is 22.6. The van der Waals surface area contributed by atoms with Crippen molar-refractivity contribution in [2.45, 2.75) is 110 Å². The first-order chi connectivity index (χ1) is 11.2. The Morgan fingerprint density at radius 2 is 1.09 bits per heavy atom. The highest BCUT2D eigenvalue weighted by molar-refractivity contribution is 5.80. The van der Waals surface area contributed by atoms with Gasteiger partial charge in [-0.2, -0.15) is 0 Å². The number of likely N-dealkylation sites (N-methyl/N-ethyl adjacent to an activating group) is 1. The van der Waals surface area contributed by atoms with Gasteiger partial charge in [-0.3, -0.25) is 9.69 Å². The lowest BCUT2D eigenvalue weighted by atomic mass is 10.1. The van der Waals surface area contributed by atoms with Crippen LogP contribution in [0, 0.1) is 0 Å². The van der Waals surface area contributed by atoms with Crippen molar-refractivity contribution >= 4 is 5.78 Å². The van der Waals surface area contributed by atoms with Gasteiger partial charge in [-0.05, 0) is 26.4 Å². The lowest BCUT2D eigenvalue weighted by Gasteiger charge is -2.15. The Bertz CT molecular complexity index is 252. The molecule has 2 nitrogen and oxygen atoms in total. The molecular weight excluding hydrogens is 282 g/mol. The Balaban J connectivity index is 3.33. The molecule has 138 valence electrons. The van der Waals surface area contributed by atoms with Crippen molar-refractivity contribution in [1.82, 2.24) is 4.90 Å². The monoisotopic (exact) mass is 325 g/mol. The van der Waals surface area contributed by atoms with Crippen LogP contribution in [0.1, 0.15) is 110 Å². The average Bonchev–Trinajstić information content (AvgIpc) is 2.53. The number of carbonyl (C=O) groups is 1. The number of Topliss-reactive ketones (excluding diaryl/α,β-unsaturated/α-hetero) is 1. The zero-order valence-corrected chi connectivity index (χ0v) is 16.4. The van der Waals surface area contributed by atoms with Gasteiger partial charge in [0.1, 0.15) is 5.78 Å². The topological polar surface area (TPSA) is 20.3 Å². The molecule has 0 bridgehead atoms. The van der Waals surface area contributed by atoms with Crippen LogP contribution >= 0.6 is 0 Å². The molecule has 0 atom stereocenters. The second kappa shape index (κ2) is 18.0. The van der Waals surface area contributed by atoms with Crippen LogP contribution in [0.4, 0.5) is 0 Å². The minimum absolute atomic E-state index is 0.433. The number of carbonyl (C=O) groups excluding carboxylic acids is 1. The van der Waals surface area contributed by atoms with Crippen LogP contribution in [0.15, 0.2) is 0 Å². The van der Waals surface area contributed by atoms with Gasteiger partial charge in [-0.25, -0.2) is 0 Å². The van der Waals surface area contributed by atoms with Crippen LogP contribution in [-0.4, -0.2) is 30.8 Å². The lowest BCUT2D eigenvalue weighted by molar-refractivity contribution is -0.120. The van der Waals surface area contributed by atoms with Crippen molar-refractivity contribution in [3.05, 3.63) is 0 Å². The Labute approximate surface area is 146 Å². The normalized spacial score (nSPS) is 11.3. The minimum atomic E-state index is 0.433.